The maximum Gasteiger partial charge on any atom is 0.331 e. The third-order valence-electron chi connectivity index (χ3n) is 4.81. The number of amides is 4. The first-order valence-electron chi connectivity index (χ1n) is 9.06. The third-order valence-corrected chi connectivity index (χ3v) is 4.81. The fourth-order valence-electron chi connectivity index (χ4n) is 3.28. The molecule has 0 bridgehead atoms. The highest BCUT2D eigenvalue weighted by atomic mass is 16.5. The molecule has 0 saturated carbocycles. The van der Waals surface area contributed by atoms with Gasteiger partial charge in [0.05, 0.1) is 13.7 Å². The van der Waals surface area contributed by atoms with Gasteiger partial charge in [-0.3, -0.25) is 19.8 Å². The Balaban J connectivity index is 1.68. The van der Waals surface area contributed by atoms with Crippen LogP contribution in [0.5, 0.6) is 5.75 Å². The number of methoxy groups -OCH3 is 1. The van der Waals surface area contributed by atoms with E-state index in [1.54, 1.807) is 31.4 Å². The van der Waals surface area contributed by atoms with Gasteiger partial charge in [0.15, 0.2) is 0 Å². The van der Waals surface area contributed by atoms with Gasteiger partial charge < -0.3 is 4.74 Å². The van der Waals surface area contributed by atoms with E-state index >= 15 is 0 Å². The quantitative estimate of drug-likeness (QED) is 0.550. The molecular formula is C23H18N2O4. The maximum atomic E-state index is 13.0. The predicted octanol–water partition coefficient (Wildman–Crippen LogP) is 3.51. The molecule has 0 radical (unpaired) electrons. The number of hydrogen-bond acceptors (Lipinski definition) is 4. The van der Waals surface area contributed by atoms with E-state index in [1.165, 1.54) is 6.08 Å². The number of ether oxygens (including phenoxy) is 1. The van der Waals surface area contributed by atoms with Crippen LogP contribution in [0.2, 0.25) is 0 Å². The molecule has 1 N–H and O–H groups in total. The van der Waals surface area contributed by atoms with Crippen LogP contribution in [0.3, 0.4) is 0 Å². The zero-order valence-corrected chi connectivity index (χ0v) is 15.7. The van der Waals surface area contributed by atoms with Crippen molar-refractivity contribution in [3.05, 3.63) is 83.4 Å². The predicted molar refractivity (Wildman–Crippen MR) is 109 cm³/mol. The average molecular weight is 386 g/mol. The topological polar surface area (TPSA) is 75.7 Å². The minimum Gasteiger partial charge on any atom is -0.497 e. The summed E-state index contributed by atoms with van der Waals surface area (Å²) in [7, 11) is 1.56. The van der Waals surface area contributed by atoms with E-state index in [2.05, 4.69) is 5.32 Å². The summed E-state index contributed by atoms with van der Waals surface area (Å²) < 4.78 is 5.12. The fraction of sp³-hybridized carbons (Fsp3) is 0.0870. The molecule has 1 fully saturated rings. The molecule has 0 aromatic heterocycles. The van der Waals surface area contributed by atoms with Gasteiger partial charge in [-0.15, -0.1) is 0 Å². The summed E-state index contributed by atoms with van der Waals surface area (Å²) in [5.41, 5.74) is 1.41. The van der Waals surface area contributed by atoms with Crippen molar-refractivity contribution in [2.75, 3.05) is 7.11 Å². The highest BCUT2D eigenvalue weighted by molar-refractivity contribution is 6.31. The van der Waals surface area contributed by atoms with Gasteiger partial charge in [-0.25, -0.2) is 4.79 Å². The summed E-state index contributed by atoms with van der Waals surface area (Å²) >= 11 is 0. The summed E-state index contributed by atoms with van der Waals surface area (Å²) in [5, 5.41) is 4.17. The SMILES string of the molecule is COc1ccc(CN2C(=O)NC(=O)/C(=C\c3cccc4ccccc34)C2=O)cc1. The molecule has 29 heavy (non-hydrogen) atoms. The second-order valence-corrected chi connectivity index (χ2v) is 6.63. The standard InChI is InChI=1S/C23H18N2O4/c1-29-18-11-9-15(10-12-18)14-25-22(27)20(21(26)24-23(25)28)13-17-7-4-6-16-5-2-3-8-19(16)17/h2-13H,14H2,1H3,(H,24,26,28)/b20-13+. The van der Waals surface area contributed by atoms with E-state index in [0.29, 0.717) is 5.75 Å². The van der Waals surface area contributed by atoms with Gasteiger partial charge in [-0.05, 0) is 40.1 Å². The van der Waals surface area contributed by atoms with E-state index < -0.39 is 17.8 Å². The first-order valence-corrected chi connectivity index (χ1v) is 9.06. The van der Waals surface area contributed by atoms with Gasteiger partial charge in [0.2, 0.25) is 0 Å². The summed E-state index contributed by atoms with van der Waals surface area (Å²) in [4.78, 5) is 38.6. The highest BCUT2D eigenvalue weighted by Gasteiger charge is 2.35. The summed E-state index contributed by atoms with van der Waals surface area (Å²) in [6.45, 7) is 0.0504. The molecule has 0 unspecified atom stereocenters. The normalized spacial score (nSPS) is 15.7. The minimum atomic E-state index is -0.731. The summed E-state index contributed by atoms with van der Waals surface area (Å²) in [6, 6.07) is 19.7. The fourth-order valence-corrected chi connectivity index (χ4v) is 3.28. The van der Waals surface area contributed by atoms with Crippen molar-refractivity contribution in [1.82, 2.24) is 10.2 Å². The largest absolute Gasteiger partial charge is 0.497 e. The zero-order chi connectivity index (χ0) is 20.4. The van der Waals surface area contributed by atoms with Crippen molar-refractivity contribution in [2.24, 2.45) is 0 Å². The second-order valence-electron chi connectivity index (χ2n) is 6.63. The van der Waals surface area contributed by atoms with Crippen LogP contribution >= 0.6 is 0 Å². The van der Waals surface area contributed by atoms with Crippen LogP contribution < -0.4 is 10.1 Å². The van der Waals surface area contributed by atoms with E-state index in [9.17, 15) is 14.4 Å². The molecule has 6 nitrogen and oxygen atoms in total. The van der Waals surface area contributed by atoms with Crippen molar-refractivity contribution in [2.45, 2.75) is 6.54 Å². The van der Waals surface area contributed by atoms with Gasteiger partial charge in [0, 0.05) is 0 Å². The second kappa shape index (κ2) is 7.59. The monoisotopic (exact) mass is 386 g/mol. The lowest BCUT2D eigenvalue weighted by Gasteiger charge is -2.26. The van der Waals surface area contributed by atoms with E-state index in [4.69, 9.17) is 4.74 Å². The van der Waals surface area contributed by atoms with Gasteiger partial charge >= 0.3 is 6.03 Å². The molecular weight excluding hydrogens is 368 g/mol. The highest BCUT2D eigenvalue weighted by Crippen LogP contribution is 2.23. The molecule has 4 amide bonds. The zero-order valence-electron chi connectivity index (χ0n) is 15.7. The summed E-state index contributed by atoms with van der Waals surface area (Å²) in [5.74, 6) is -0.642. The first-order chi connectivity index (χ1) is 14.1. The number of barbiturate groups is 1. The smallest absolute Gasteiger partial charge is 0.331 e. The van der Waals surface area contributed by atoms with Crippen LogP contribution in [0.4, 0.5) is 4.79 Å². The van der Waals surface area contributed by atoms with Gasteiger partial charge in [0.25, 0.3) is 11.8 Å². The Hall–Kier alpha value is -3.93. The number of rotatable bonds is 4. The number of carbonyl (C=O) groups excluding carboxylic acids is 3. The number of nitrogens with zero attached hydrogens (tertiary/aromatic N) is 1. The van der Waals surface area contributed by atoms with Crippen LogP contribution in [-0.4, -0.2) is 29.9 Å². The van der Waals surface area contributed by atoms with Crippen molar-refractivity contribution in [3.8, 4) is 5.75 Å². The molecule has 0 atom stereocenters. The molecule has 1 heterocycles. The van der Waals surface area contributed by atoms with Crippen molar-refractivity contribution in [1.29, 1.82) is 0 Å². The van der Waals surface area contributed by atoms with E-state index in [0.717, 1.165) is 26.8 Å². The van der Waals surface area contributed by atoms with Crippen LogP contribution in [0.15, 0.2) is 72.3 Å². The van der Waals surface area contributed by atoms with E-state index in [1.807, 2.05) is 42.5 Å². The molecule has 0 spiro atoms. The Morgan fingerprint density at radius 3 is 2.41 bits per heavy atom. The lowest BCUT2D eigenvalue weighted by atomic mass is 10.0. The lowest BCUT2D eigenvalue weighted by molar-refractivity contribution is -0.130. The number of fused-ring (bicyclic) bond motifs is 1. The molecule has 144 valence electrons. The van der Waals surface area contributed by atoms with Crippen LogP contribution in [0.25, 0.3) is 16.8 Å². The maximum absolute atomic E-state index is 13.0. The number of benzene rings is 3. The number of carbonyl (C=O) groups is 3. The molecule has 6 heteroatoms. The van der Waals surface area contributed by atoms with Gasteiger partial charge in [0.1, 0.15) is 11.3 Å². The molecule has 3 aromatic carbocycles. The molecule has 4 rings (SSSR count). The Bertz CT molecular complexity index is 1140. The molecule has 0 aliphatic carbocycles. The lowest BCUT2D eigenvalue weighted by Crippen LogP contribution is -2.53. The van der Waals surface area contributed by atoms with Crippen LogP contribution in [0, 0.1) is 0 Å². The Labute approximate surface area is 167 Å². The number of urea groups is 1. The van der Waals surface area contributed by atoms with E-state index in [-0.39, 0.29) is 12.1 Å². The Morgan fingerprint density at radius 1 is 0.931 bits per heavy atom. The van der Waals surface area contributed by atoms with Gasteiger partial charge in [-0.1, -0.05) is 54.6 Å². The number of hydrogen-bond donors (Lipinski definition) is 1. The minimum absolute atomic E-state index is 0.0504. The molecule has 1 aliphatic heterocycles. The molecule has 3 aromatic rings. The average Bonchev–Trinajstić information content (AvgIpc) is 2.74. The number of nitrogens with one attached hydrogen (secondary N) is 1. The third kappa shape index (κ3) is 3.60. The van der Waals surface area contributed by atoms with Crippen molar-refractivity contribution in [3.63, 3.8) is 0 Å². The number of imide groups is 2. The molecule has 1 saturated heterocycles. The summed E-state index contributed by atoms with van der Waals surface area (Å²) in [6.07, 6.45) is 1.54. The van der Waals surface area contributed by atoms with Crippen molar-refractivity contribution >= 4 is 34.7 Å². The Kier molecular flexibility index (Phi) is 4.83. The van der Waals surface area contributed by atoms with Crippen molar-refractivity contribution < 1.29 is 19.1 Å². The molecule has 1 aliphatic rings. The first kappa shape index (κ1) is 18.4. The van der Waals surface area contributed by atoms with Crippen LogP contribution in [0.1, 0.15) is 11.1 Å². The Morgan fingerprint density at radius 2 is 1.66 bits per heavy atom. The van der Waals surface area contributed by atoms with Gasteiger partial charge in [-0.2, -0.15) is 0 Å². The van der Waals surface area contributed by atoms with Crippen LogP contribution in [-0.2, 0) is 16.1 Å².